The molecule has 8 nitrogen and oxygen atoms in total. The first-order valence-electron chi connectivity index (χ1n) is 10.8. The number of aromatic amines is 1. The molecule has 5 rings (SSSR count). The van der Waals surface area contributed by atoms with Crippen molar-refractivity contribution in [1.29, 1.82) is 0 Å². The lowest BCUT2D eigenvalue weighted by atomic mass is 10.1. The quantitative estimate of drug-likeness (QED) is 0.652. The number of hydrogen-bond donors (Lipinski definition) is 2. The predicted octanol–water partition coefficient (Wildman–Crippen LogP) is 3.51. The summed E-state index contributed by atoms with van der Waals surface area (Å²) < 4.78 is 11.0. The fourth-order valence-electron chi connectivity index (χ4n) is 4.64. The van der Waals surface area contributed by atoms with E-state index in [2.05, 4.69) is 22.1 Å². The molecule has 2 aliphatic rings. The summed E-state index contributed by atoms with van der Waals surface area (Å²) >= 11 is 0. The molecule has 0 aliphatic carbocycles. The number of H-pyrrole nitrogens is 1. The normalized spacial score (nSPS) is 17.6. The van der Waals surface area contributed by atoms with Gasteiger partial charge in [0.1, 0.15) is 11.6 Å². The number of hydrogen-bond acceptors (Lipinski definition) is 6. The first kappa shape index (κ1) is 20.5. The van der Waals surface area contributed by atoms with E-state index >= 15 is 0 Å². The Bertz CT molecular complexity index is 1280. The molecule has 8 heteroatoms. The van der Waals surface area contributed by atoms with Crippen molar-refractivity contribution >= 4 is 28.3 Å². The van der Waals surface area contributed by atoms with Crippen LogP contribution in [0, 0.1) is 6.92 Å². The van der Waals surface area contributed by atoms with Gasteiger partial charge in [-0.3, -0.25) is 9.59 Å². The van der Waals surface area contributed by atoms with Crippen LogP contribution < -0.4 is 20.5 Å². The molecule has 2 aliphatic heterocycles. The smallest absolute Gasteiger partial charge is 0.259 e. The van der Waals surface area contributed by atoms with Gasteiger partial charge < -0.3 is 24.7 Å². The number of ether oxygens (including phenoxy) is 2. The van der Waals surface area contributed by atoms with Crippen molar-refractivity contribution in [2.75, 3.05) is 23.9 Å². The zero-order valence-corrected chi connectivity index (χ0v) is 18.4. The third kappa shape index (κ3) is 3.50. The number of aryl methyl sites for hydroxylation is 1. The number of amides is 1. The summed E-state index contributed by atoms with van der Waals surface area (Å²) in [5.74, 6) is 0.974. The third-order valence-corrected chi connectivity index (χ3v) is 6.34. The lowest BCUT2D eigenvalue weighted by molar-refractivity contribution is 0.102. The van der Waals surface area contributed by atoms with Crippen LogP contribution >= 0.6 is 0 Å². The second-order valence-corrected chi connectivity index (χ2v) is 8.51. The summed E-state index contributed by atoms with van der Waals surface area (Å²) in [4.78, 5) is 35.2. The van der Waals surface area contributed by atoms with Gasteiger partial charge in [0.25, 0.3) is 5.91 Å². The molecule has 0 unspecified atom stereocenters. The molecular weight excluding hydrogens is 408 g/mol. The summed E-state index contributed by atoms with van der Waals surface area (Å²) in [6, 6.07) is 7.34. The van der Waals surface area contributed by atoms with Crippen LogP contribution in [0.4, 0.5) is 11.5 Å². The maximum atomic E-state index is 13.5. The minimum absolute atomic E-state index is 0.194. The molecule has 1 fully saturated rings. The van der Waals surface area contributed by atoms with E-state index in [1.54, 1.807) is 6.07 Å². The number of methoxy groups -OCH3 is 1. The zero-order chi connectivity index (χ0) is 22.4. The number of nitrogens with zero attached hydrogens (tertiary/aromatic N) is 2. The topological polar surface area (TPSA) is 96.5 Å². The highest BCUT2D eigenvalue weighted by Gasteiger charge is 2.29. The summed E-state index contributed by atoms with van der Waals surface area (Å²) in [6.45, 7) is 5.85. The van der Waals surface area contributed by atoms with Crippen molar-refractivity contribution in [2.24, 2.45) is 0 Å². The van der Waals surface area contributed by atoms with E-state index in [1.807, 2.05) is 19.1 Å². The van der Waals surface area contributed by atoms with Gasteiger partial charge in [-0.1, -0.05) is 0 Å². The minimum atomic E-state index is -0.232. The Morgan fingerprint density at radius 1 is 1.28 bits per heavy atom. The molecule has 1 saturated heterocycles. The Morgan fingerprint density at radius 2 is 2.12 bits per heavy atom. The van der Waals surface area contributed by atoms with E-state index in [0.717, 1.165) is 41.6 Å². The Balaban J connectivity index is 1.55. The predicted molar refractivity (Wildman–Crippen MR) is 123 cm³/mol. The van der Waals surface area contributed by atoms with Gasteiger partial charge in [-0.25, -0.2) is 4.98 Å². The maximum absolute atomic E-state index is 13.5. The lowest BCUT2D eigenvalue weighted by Crippen LogP contribution is -2.30. The molecule has 0 spiro atoms. The zero-order valence-electron chi connectivity index (χ0n) is 18.4. The molecule has 0 bridgehead atoms. The first-order chi connectivity index (χ1) is 15.4. The van der Waals surface area contributed by atoms with E-state index in [0.29, 0.717) is 47.6 Å². The molecule has 0 saturated carbocycles. The molecule has 166 valence electrons. The van der Waals surface area contributed by atoms with Gasteiger partial charge in [-0.15, -0.1) is 0 Å². The molecular formula is C24H26N4O4. The van der Waals surface area contributed by atoms with E-state index in [9.17, 15) is 9.59 Å². The fourth-order valence-corrected chi connectivity index (χ4v) is 4.64. The monoisotopic (exact) mass is 434 g/mol. The number of nitrogens with one attached hydrogen (secondary N) is 2. The van der Waals surface area contributed by atoms with Crippen molar-refractivity contribution in [3.8, 4) is 5.75 Å². The van der Waals surface area contributed by atoms with Gasteiger partial charge in [-0.2, -0.15) is 0 Å². The fraction of sp³-hybridized carbons (Fsp3) is 0.375. The third-order valence-electron chi connectivity index (χ3n) is 6.34. The molecule has 2 aromatic heterocycles. The van der Waals surface area contributed by atoms with Crippen LogP contribution in [0.1, 0.15) is 46.9 Å². The average Bonchev–Trinajstić information content (AvgIpc) is 3.40. The molecule has 1 amide bonds. The van der Waals surface area contributed by atoms with E-state index < -0.39 is 0 Å². The molecule has 1 aromatic carbocycles. The molecule has 3 aromatic rings. The van der Waals surface area contributed by atoms with Crippen LogP contribution in [0.3, 0.4) is 0 Å². The number of benzene rings is 1. The summed E-state index contributed by atoms with van der Waals surface area (Å²) in [6.07, 6.45) is 2.16. The number of fused-ring (bicyclic) bond motifs is 2. The van der Waals surface area contributed by atoms with Crippen molar-refractivity contribution in [1.82, 2.24) is 9.97 Å². The van der Waals surface area contributed by atoms with Gasteiger partial charge in [0.15, 0.2) is 0 Å². The van der Waals surface area contributed by atoms with Gasteiger partial charge in [0, 0.05) is 41.4 Å². The number of pyridine rings is 2. The Hall–Kier alpha value is -3.39. The van der Waals surface area contributed by atoms with Crippen LogP contribution in [0.2, 0.25) is 0 Å². The molecule has 4 heterocycles. The highest BCUT2D eigenvalue weighted by Crippen LogP contribution is 2.33. The second-order valence-electron chi connectivity index (χ2n) is 8.51. The van der Waals surface area contributed by atoms with Crippen LogP contribution in [-0.4, -0.2) is 35.6 Å². The van der Waals surface area contributed by atoms with Gasteiger partial charge in [0.2, 0.25) is 5.56 Å². The molecule has 0 radical (unpaired) electrons. The number of aromatic nitrogens is 2. The van der Waals surface area contributed by atoms with Crippen molar-refractivity contribution in [2.45, 2.75) is 45.9 Å². The Morgan fingerprint density at radius 3 is 2.88 bits per heavy atom. The van der Waals surface area contributed by atoms with Crippen molar-refractivity contribution < 1.29 is 14.3 Å². The standard InChI is InChI=1S/C24H26N4O4/c1-13-7-21(29)27-22-17(13)9-16(10-20(22)31-3)25-24(30)18-8-15-11-32-12-19(15)26-23(18)28-6-4-5-14(28)2/h7-10,14H,4-6,11-12H2,1-3H3,(H,25,30)(H,27,29)/t14-/m0/s1. The SMILES string of the molecule is COc1cc(NC(=O)c2cc3c(nc2N2CCC[C@@H]2C)COC3)cc2c(C)cc(=O)[nH]c12. The summed E-state index contributed by atoms with van der Waals surface area (Å²) in [7, 11) is 1.54. The molecule has 1 atom stereocenters. The number of carbonyl (C=O) groups is 1. The average molecular weight is 434 g/mol. The minimum Gasteiger partial charge on any atom is -0.494 e. The first-order valence-corrected chi connectivity index (χ1v) is 10.8. The van der Waals surface area contributed by atoms with Crippen LogP contribution in [0.25, 0.3) is 10.9 Å². The van der Waals surface area contributed by atoms with E-state index in [4.69, 9.17) is 14.5 Å². The number of carbonyl (C=O) groups excluding carboxylic acids is 1. The molecule has 2 N–H and O–H groups in total. The molecule has 32 heavy (non-hydrogen) atoms. The van der Waals surface area contributed by atoms with Crippen LogP contribution in [0.15, 0.2) is 29.1 Å². The summed E-state index contributed by atoms with van der Waals surface area (Å²) in [5.41, 5.74) is 4.21. The second kappa shape index (κ2) is 7.94. The Labute approximate surface area is 185 Å². The number of anilines is 2. The Kier molecular flexibility index (Phi) is 5.09. The lowest BCUT2D eigenvalue weighted by Gasteiger charge is -2.25. The highest BCUT2D eigenvalue weighted by atomic mass is 16.5. The van der Waals surface area contributed by atoms with Gasteiger partial charge in [-0.05, 0) is 44.4 Å². The van der Waals surface area contributed by atoms with Gasteiger partial charge in [0.05, 0.1) is 37.1 Å². The van der Waals surface area contributed by atoms with Crippen LogP contribution in [-0.2, 0) is 18.0 Å². The van der Waals surface area contributed by atoms with E-state index in [1.165, 1.54) is 13.2 Å². The van der Waals surface area contributed by atoms with Crippen molar-refractivity contribution in [3.05, 3.63) is 57.0 Å². The van der Waals surface area contributed by atoms with Crippen molar-refractivity contribution in [3.63, 3.8) is 0 Å². The largest absolute Gasteiger partial charge is 0.494 e. The van der Waals surface area contributed by atoms with Gasteiger partial charge >= 0.3 is 0 Å². The highest BCUT2D eigenvalue weighted by molar-refractivity contribution is 6.09. The van der Waals surface area contributed by atoms with Crippen LogP contribution in [0.5, 0.6) is 5.75 Å². The number of rotatable bonds is 4. The summed E-state index contributed by atoms with van der Waals surface area (Å²) in [5, 5.41) is 3.83. The van der Waals surface area contributed by atoms with E-state index in [-0.39, 0.29) is 11.5 Å². The maximum Gasteiger partial charge on any atom is 0.259 e.